The van der Waals surface area contributed by atoms with Gasteiger partial charge in [0.2, 0.25) is 0 Å². The molecular formula is C10H16N4O. The molecule has 1 saturated heterocycles. The summed E-state index contributed by atoms with van der Waals surface area (Å²) < 4.78 is 5.61. The lowest BCUT2D eigenvalue weighted by Gasteiger charge is -2.28. The molecule has 0 aliphatic carbocycles. The number of hydrogen-bond acceptors (Lipinski definition) is 5. The Morgan fingerprint density at radius 3 is 2.87 bits per heavy atom. The van der Waals surface area contributed by atoms with Gasteiger partial charge < -0.3 is 15.4 Å². The first-order chi connectivity index (χ1) is 7.29. The molecule has 1 aliphatic rings. The highest BCUT2D eigenvalue weighted by atomic mass is 16.5. The zero-order valence-corrected chi connectivity index (χ0v) is 8.89. The minimum Gasteiger partial charge on any atom is -0.368 e. The fourth-order valence-electron chi connectivity index (χ4n) is 1.57. The van der Waals surface area contributed by atoms with E-state index < -0.39 is 0 Å². The van der Waals surface area contributed by atoms with Crippen LogP contribution < -0.4 is 5.73 Å². The van der Waals surface area contributed by atoms with Crippen LogP contribution in [0, 0.1) is 0 Å². The van der Waals surface area contributed by atoms with Gasteiger partial charge in [0.05, 0.1) is 6.61 Å². The summed E-state index contributed by atoms with van der Waals surface area (Å²) in [6.45, 7) is 3.04. The predicted molar refractivity (Wildman–Crippen MR) is 56.1 cm³/mol. The average molecular weight is 208 g/mol. The fourth-order valence-corrected chi connectivity index (χ4v) is 1.57. The van der Waals surface area contributed by atoms with E-state index in [0.29, 0.717) is 6.54 Å². The lowest BCUT2D eigenvalue weighted by atomic mass is 10.2. The summed E-state index contributed by atoms with van der Waals surface area (Å²) in [5.74, 6) is 0.749. The van der Waals surface area contributed by atoms with Crippen LogP contribution in [0.5, 0.6) is 0 Å². The Morgan fingerprint density at radius 1 is 1.53 bits per heavy atom. The lowest BCUT2D eigenvalue weighted by molar-refractivity contribution is -0.0255. The van der Waals surface area contributed by atoms with Crippen LogP contribution in [-0.2, 0) is 11.3 Å². The summed E-state index contributed by atoms with van der Waals surface area (Å²) in [7, 11) is 2.07. The molecule has 2 N–H and O–H groups in total. The molecule has 0 saturated carbocycles. The quantitative estimate of drug-likeness (QED) is 0.737. The largest absolute Gasteiger partial charge is 0.368 e. The number of rotatable bonds is 2. The summed E-state index contributed by atoms with van der Waals surface area (Å²) in [6.07, 6.45) is 3.52. The second-order valence-corrected chi connectivity index (χ2v) is 3.78. The maximum absolute atomic E-state index is 5.61. The zero-order chi connectivity index (χ0) is 10.7. The highest BCUT2D eigenvalue weighted by molar-refractivity contribution is 5.06. The second kappa shape index (κ2) is 4.65. The third-order valence-corrected chi connectivity index (χ3v) is 2.52. The molecule has 0 bridgehead atoms. The smallest absolute Gasteiger partial charge is 0.158 e. The van der Waals surface area contributed by atoms with E-state index in [9.17, 15) is 0 Å². The number of nitrogens with zero attached hydrogens (tertiary/aromatic N) is 3. The van der Waals surface area contributed by atoms with Gasteiger partial charge in [-0.05, 0) is 7.05 Å². The van der Waals surface area contributed by atoms with Crippen LogP contribution in [0.3, 0.4) is 0 Å². The van der Waals surface area contributed by atoms with Crippen LogP contribution in [0.15, 0.2) is 12.4 Å². The van der Waals surface area contributed by atoms with Crippen molar-refractivity contribution in [2.75, 3.05) is 26.7 Å². The van der Waals surface area contributed by atoms with Gasteiger partial charge in [0, 0.05) is 37.6 Å². The van der Waals surface area contributed by atoms with Crippen molar-refractivity contribution < 1.29 is 4.74 Å². The molecule has 1 unspecified atom stereocenters. The van der Waals surface area contributed by atoms with E-state index in [0.717, 1.165) is 31.1 Å². The van der Waals surface area contributed by atoms with E-state index in [4.69, 9.17) is 10.5 Å². The third kappa shape index (κ3) is 2.50. The van der Waals surface area contributed by atoms with Gasteiger partial charge in [-0.3, -0.25) is 0 Å². The average Bonchev–Trinajstić information content (AvgIpc) is 2.29. The van der Waals surface area contributed by atoms with Gasteiger partial charge in [-0.2, -0.15) is 0 Å². The van der Waals surface area contributed by atoms with Gasteiger partial charge in [-0.15, -0.1) is 0 Å². The number of ether oxygens (including phenoxy) is 1. The molecule has 0 aromatic carbocycles. The molecule has 82 valence electrons. The zero-order valence-electron chi connectivity index (χ0n) is 8.89. The maximum atomic E-state index is 5.61. The van der Waals surface area contributed by atoms with E-state index in [1.54, 1.807) is 12.4 Å². The third-order valence-electron chi connectivity index (χ3n) is 2.52. The second-order valence-electron chi connectivity index (χ2n) is 3.78. The van der Waals surface area contributed by atoms with Gasteiger partial charge in [0.15, 0.2) is 5.82 Å². The summed E-state index contributed by atoms with van der Waals surface area (Å²) >= 11 is 0. The standard InChI is InChI=1S/C10H16N4O/c1-14-2-3-15-9(7-14)10-12-5-8(4-11)6-13-10/h5-6,9H,2-4,7,11H2,1H3. The summed E-state index contributed by atoms with van der Waals surface area (Å²) in [5, 5.41) is 0. The summed E-state index contributed by atoms with van der Waals surface area (Å²) in [6, 6.07) is 0. The minimum atomic E-state index is -0.00410. The molecule has 0 spiro atoms. The fraction of sp³-hybridized carbons (Fsp3) is 0.600. The molecule has 1 aromatic heterocycles. The SMILES string of the molecule is CN1CCOC(c2ncc(CN)cn2)C1. The van der Waals surface area contributed by atoms with Gasteiger partial charge in [0.25, 0.3) is 0 Å². The van der Waals surface area contributed by atoms with Crippen LogP contribution in [0.25, 0.3) is 0 Å². The van der Waals surface area contributed by atoms with Crippen LogP contribution in [-0.4, -0.2) is 41.6 Å². The van der Waals surface area contributed by atoms with Crippen LogP contribution in [0.1, 0.15) is 17.5 Å². The molecule has 1 aliphatic heterocycles. The molecule has 5 nitrogen and oxygen atoms in total. The number of nitrogens with two attached hydrogens (primary N) is 1. The van der Waals surface area contributed by atoms with E-state index in [-0.39, 0.29) is 6.10 Å². The predicted octanol–water partition coefficient (Wildman–Crippen LogP) is -0.0616. The van der Waals surface area contributed by atoms with Crippen LogP contribution in [0.4, 0.5) is 0 Å². The van der Waals surface area contributed by atoms with E-state index >= 15 is 0 Å². The normalized spacial score (nSPS) is 22.9. The van der Waals surface area contributed by atoms with Crippen molar-refractivity contribution in [2.45, 2.75) is 12.6 Å². The van der Waals surface area contributed by atoms with E-state index in [2.05, 4.69) is 21.9 Å². The first-order valence-electron chi connectivity index (χ1n) is 5.10. The molecule has 1 fully saturated rings. The number of aromatic nitrogens is 2. The van der Waals surface area contributed by atoms with Crippen molar-refractivity contribution in [3.05, 3.63) is 23.8 Å². The first-order valence-corrected chi connectivity index (χ1v) is 5.10. The topological polar surface area (TPSA) is 64.3 Å². The monoisotopic (exact) mass is 208 g/mol. The highest BCUT2D eigenvalue weighted by Crippen LogP contribution is 2.17. The van der Waals surface area contributed by atoms with Crippen molar-refractivity contribution in [1.29, 1.82) is 0 Å². The van der Waals surface area contributed by atoms with E-state index in [1.807, 2.05) is 0 Å². The number of likely N-dealkylation sites (N-methyl/N-ethyl adjacent to an activating group) is 1. The Balaban J connectivity index is 2.07. The Bertz CT molecular complexity index is 314. The Morgan fingerprint density at radius 2 is 2.27 bits per heavy atom. The number of morpholine rings is 1. The molecular weight excluding hydrogens is 192 g/mol. The van der Waals surface area contributed by atoms with Gasteiger partial charge in [-0.25, -0.2) is 9.97 Å². The number of hydrogen-bond donors (Lipinski definition) is 1. The van der Waals surface area contributed by atoms with Crippen molar-refractivity contribution in [2.24, 2.45) is 5.73 Å². The van der Waals surface area contributed by atoms with Gasteiger partial charge >= 0.3 is 0 Å². The molecule has 1 aromatic rings. The lowest BCUT2D eigenvalue weighted by Crippen LogP contribution is -2.36. The van der Waals surface area contributed by atoms with Crippen molar-refractivity contribution >= 4 is 0 Å². The molecule has 2 heterocycles. The molecule has 0 amide bonds. The minimum absolute atomic E-state index is 0.00410. The van der Waals surface area contributed by atoms with Gasteiger partial charge in [-0.1, -0.05) is 0 Å². The molecule has 1 atom stereocenters. The molecule has 2 rings (SSSR count). The van der Waals surface area contributed by atoms with Crippen molar-refractivity contribution in [3.8, 4) is 0 Å². The van der Waals surface area contributed by atoms with Gasteiger partial charge in [0.1, 0.15) is 6.10 Å². The van der Waals surface area contributed by atoms with Crippen molar-refractivity contribution in [1.82, 2.24) is 14.9 Å². The molecule has 15 heavy (non-hydrogen) atoms. The van der Waals surface area contributed by atoms with Crippen LogP contribution in [0.2, 0.25) is 0 Å². The Kier molecular flexibility index (Phi) is 3.25. The van der Waals surface area contributed by atoms with Crippen molar-refractivity contribution in [3.63, 3.8) is 0 Å². The maximum Gasteiger partial charge on any atom is 0.158 e. The Hall–Kier alpha value is -1.04. The molecule has 5 heteroatoms. The summed E-state index contributed by atoms with van der Waals surface area (Å²) in [5.41, 5.74) is 6.43. The Labute approximate surface area is 89.3 Å². The molecule has 0 radical (unpaired) electrons. The van der Waals surface area contributed by atoms with Crippen LogP contribution >= 0.6 is 0 Å². The first kappa shape index (κ1) is 10.5. The van der Waals surface area contributed by atoms with E-state index in [1.165, 1.54) is 0 Å². The summed E-state index contributed by atoms with van der Waals surface area (Å²) in [4.78, 5) is 10.7. The highest BCUT2D eigenvalue weighted by Gasteiger charge is 2.21.